The number of nitrogens with one attached hydrogen (secondary N) is 2. The Morgan fingerprint density at radius 3 is 2.29 bits per heavy atom. The van der Waals surface area contributed by atoms with Gasteiger partial charge in [0.15, 0.2) is 0 Å². The lowest BCUT2D eigenvalue weighted by molar-refractivity contribution is 0.110. The Hall–Kier alpha value is -2.63. The summed E-state index contributed by atoms with van der Waals surface area (Å²) >= 11 is 6.16. The van der Waals surface area contributed by atoms with Gasteiger partial charge in [0.05, 0.1) is 11.4 Å². The highest BCUT2D eigenvalue weighted by Crippen LogP contribution is 2.25. The van der Waals surface area contributed by atoms with Gasteiger partial charge in [-0.15, -0.1) is 0 Å². The van der Waals surface area contributed by atoms with E-state index in [9.17, 15) is 4.79 Å². The van der Waals surface area contributed by atoms with Crippen molar-refractivity contribution >= 4 is 23.4 Å². The standard InChI is InChI=1S/C23H30ClN3O2.C2H6/c1-14(2)19(13-25)12-11-15(3)16(4)22(17(5)26)27-23(28)29-18(6)20-9-7-8-10-21(20)24;1-2/h7-12,18,26H,1,13,25H2,2-6H3,(H,27,28);1-2H3/b15-11+,19-12-,22-16-,26-17?;. The van der Waals surface area contributed by atoms with Gasteiger partial charge in [0.1, 0.15) is 6.10 Å². The van der Waals surface area contributed by atoms with Crippen molar-refractivity contribution in [3.63, 3.8) is 0 Å². The van der Waals surface area contributed by atoms with Crippen LogP contribution >= 0.6 is 11.6 Å². The maximum atomic E-state index is 12.4. The topological polar surface area (TPSA) is 88.2 Å². The summed E-state index contributed by atoms with van der Waals surface area (Å²) in [4.78, 5) is 12.4. The van der Waals surface area contributed by atoms with Crippen molar-refractivity contribution in [1.82, 2.24) is 5.32 Å². The third-order valence-corrected chi connectivity index (χ3v) is 4.84. The lowest BCUT2D eigenvalue weighted by atomic mass is 10.0. The van der Waals surface area contributed by atoms with Gasteiger partial charge in [0.25, 0.3) is 0 Å². The highest BCUT2D eigenvalue weighted by atomic mass is 35.5. The van der Waals surface area contributed by atoms with Crippen LogP contribution in [-0.2, 0) is 4.74 Å². The van der Waals surface area contributed by atoms with E-state index in [-0.39, 0.29) is 5.71 Å². The zero-order chi connectivity index (χ0) is 24.1. The fourth-order valence-electron chi connectivity index (χ4n) is 2.56. The molecule has 0 aliphatic heterocycles. The predicted octanol–water partition coefficient (Wildman–Crippen LogP) is 6.87. The van der Waals surface area contributed by atoms with Gasteiger partial charge in [-0.25, -0.2) is 4.79 Å². The fraction of sp³-hybridized carbons (Fsp3) is 0.360. The van der Waals surface area contributed by atoms with Crippen molar-refractivity contribution in [3.05, 3.63) is 81.6 Å². The van der Waals surface area contributed by atoms with Crippen LogP contribution in [0, 0.1) is 5.41 Å². The molecule has 0 aromatic heterocycles. The predicted molar refractivity (Wildman–Crippen MR) is 133 cm³/mol. The minimum Gasteiger partial charge on any atom is -0.441 e. The number of allylic oxidation sites excluding steroid dienone is 5. The van der Waals surface area contributed by atoms with Crippen LogP contribution in [0.25, 0.3) is 0 Å². The van der Waals surface area contributed by atoms with Gasteiger partial charge in [-0.1, -0.05) is 68.0 Å². The first kappa shape index (κ1) is 28.4. The minimum atomic E-state index is -0.647. The summed E-state index contributed by atoms with van der Waals surface area (Å²) in [7, 11) is 0. The van der Waals surface area contributed by atoms with E-state index in [2.05, 4.69) is 11.9 Å². The molecular formula is C25H36ClN3O2. The Labute approximate surface area is 192 Å². The molecule has 1 amide bonds. The van der Waals surface area contributed by atoms with E-state index >= 15 is 0 Å². The third kappa shape index (κ3) is 9.37. The molecule has 5 nitrogen and oxygen atoms in total. The van der Waals surface area contributed by atoms with Gasteiger partial charge in [-0.2, -0.15) is 0 Å². The Kier molecular flexibility index (Phi) is 13.2. The summed E-state index contributed by atoms with van der Waals surface area (Å²) in [5.41, 5.74) is 10.5. The van der Waals surface area contributed by atoms with Crippen molar-refractivity contribution in [3.8, 4) is 0 Å². The van der Waals surface area contributed by atoms with E-state index < -0.39 is 12.2 Å². The van der Waals surface area contributed by atoms with E-state index in [1.807, 2.05) is 58.9 Å². The number of ether oxygens (including phenoxy) is 1. The first-order valence-electron chi connectivity index (χ1n) is 10.3. The molecule has 1 atom stereocenters. The number of halogens is 1. The number of benzene rings is 1. The lowest BCUT2D eigenvalue weighted by Gasteiger charge is -2.18. The largest absolute Gasteiger partial charge is 0.441 e. The summed E-state index contributed by atoms with van der Waals surface area (Å²) in [5.74, 6) is 0. The maximum absolute atomic E-state index is 12.4. The monoisotopic (exact) mass is 445 g/mol. The quantitative estimate of drug-likeness (QED) is 0.301. The smallest absolute Gasteiger partial charge is 0.412 e. The molecule has 1 aromatic rings. The van der Waals surface area contributed by atoms with Crippen LogP contribution in [0.1, 0.15) is 60.1 Å². The number of carbonyl (C=O) groups excluding carboxylic acids is 1. The first-order valence-corrected chi connectivity index (χ1v) is 10.7. The molecule has 0 fully saturated rings. The molecule has 0 aliphatic carbocycles. The average Bonchev–Trinajstić information content (AvgIpc) is 2.73. The highest BCUT2D eigenvalue weighted by molar-refractivity contribution is 6.31. The average molecular weight is 446 g/mol. The van der Waals surface area contributed by atoms with Gasteiger partial charge in [-0.3, -0.25) is 5.32 Å². The Bertz CT molecular complexity index is 883. The zero-order valence-electron chi connectivity index (χ0n) is 19.7. The van der Waals surface area contributed by atoms with Crippen molar-refractivity contribution in [2.45, 2.75) is 54.6 Å². The van der Waals surface area contributed by atoms with E-state index in [1.165, 1.54) is 0 Å². The van der Waals surface area contributed by atoms with Crippen molar-refractivity contribution < 1.29 is 9.53 Å². The molecule has 0 radical (unpaired) electrons. The van der Waals surface area contributed by atoms with E-state index in [0.29, 0.717) is 22.8 Å². The Morgan fingerprint density at radius 1 is 1.23 bits per heavy atom. The number of hydrogen-bond donors (Lipinski definition) is 3. The molecule has 1 aromatic carbocycles. The normalized spacial score (nSPS) is 13.3. The van der Waals surface area contributed by atoms with Crippen LogP contribution in [0.2, 0.25) is 5.02 Å². The molecule has 1 unspecified atom stereocenters. The summed E-state index contributed by atoms with van der Waals surface area (Å²) in [6.45, 7) is 17.3. The first-order chi connectivity index (χ1) is 14.6. The van der Waals surface area contributed by atoms with Gasteiger partial charge in [0.2, 0.25) is 0 Å². The third-order valence-electron chi connectivity index (χ3n) is 4.50. The molecule has 6 heteroatoms. The Morgan fingerprint density at radius 2 is 1.81 bits per heavy atom. The van der Waals surface area contributed by atoms with E-state index in [4.69, 9.17) is 27.5 Å². The Balaban J connectivity index is 0.00000436. The molecule has 4 N–H and O–H groups in total. The maximum Gasteiger partial charge on any atom is 0.412 e. The number of amides is 1. The van der Waals surface area contributed by atoms with Gasteiger partial charge in [0, 0.05) is 17.1 Å². The molecule has 1 rings (SSSR count). The summed E-state index contributed by atoms with van der Waals surface area (Å²) < 4.78 is 5.45. The fourth-order valence-corrected chi connectivity index (χ4v) is 2.85. The highest BCUT2D eigenvalue weighted by Gasteiger charge is 2.17. The van der Waals surface area contributed by atoms with Gasteiger partial charge >= 0.3 is 6.09 Å². The van der Waals surface area contributed by atoms with E-state index in [1.54, 1.807) is 26.0 Å². The number of carbonyl (C=O) groups is 1. The van der Waals surface area contributed by atoms with Crippen molar-refractivity contribution in [2.75, 3.05) is 6.54 Å². The van der Waals surface area contributed by atoms with E-state index in [0.717, 1.165) is 22.3 Å². The summed E-state index contributed by atoms with van der Waals surface area (Å²) in [6, 6.07) is 7.20. The summed E-state index contributed by atoms with van der Waals surface area (Å²) in [6.07, 6.45) is 2.62. The molecule has 0 saturated carbocycles. The molecule has 0 heterocycles. The lowest BCUT2D eigenvalue weighted by Crippen LogP contribution is -2.29. The second kappa shape index (κ2) is 14.4. The second-order valence-electron chi connectivity index (χ2n) is 6.85. The number of hydrogen-bond acceptors (Lipinski definition) is 4. The number of nitrogens with two attached hydrogens (primary N) is 1. The van der Waals surface area contributed by atoms with Crippen LogP contribution in [-0.4, -0.2) is 18.3 Å². The van der Waals surface area contributed by atoms with Crippen molar-refractivity contribution in [1.29, 1.82) is 5.41 Å². The van der Waals surface area contributed by atoms with Gasteiger partial charge in [-0.05, 0) is 57.4 Å². The second-order valence-corrected chi connectivity index (χ2v) is 7.25. The SMILES string of the molecule is C=C(C)\C(=C/C=C(C)/C(C)=C(\NC(=O)OC(C)c1ccccc1Cl)C(C)=N)CN.CC. The van der Waals surface area contributed by atoms with Crippen LogP contribution in [0.5, 0.6) is 0 Å². The number of alkyl carbamates (subject to hydrolysis) is 1. The summed E-state index contributed by atoms with van der Waals surface area (Å²) in [5, 5.41) is 11.3. The molecule has 0 bridgehead atoms. The molecule has 170 valence electrons. The number of rotatable bonds is 8. The van der Waals surface area contributed by atoms with Crippen LogP contribution in [0.4, 0.5) is 4.79 Å². The van der Waals surface area contributed by atoms with Gasteiger partial charge < -0.3 is 15.9 Å². The minimum absolute atomic E-state index is 0.223. The molecular weight excluding hydrogens is 410 g/mol. The van der Waals surface area contributed by atoms with Crippen molar-refractivity contribution in [2.24, 2.45) is 5.73 Å². The van der Waals surface area contributed by atoms with Crippen LogP contribution in [0.3, 0.4) is 0 Å². The molecule has 31 heavy (non-hydrogen) atoms. The zero-order valence-corrected chi connectivity index (χ0v) is 20.5. The molecule has 0 aliphatic rings. The van der Waals surface area contributed by atoms with Crippen LogP contribution < -0.4 is 11.1 Å². The van der Waals surface area contributed by atoms with Crippen LogP contribution in [0.15, 0.2) is 71.0 Å². The molecule has 0 saturated heterocycles. The molecule has 0 spiro atoms.